The first-order valence-corrected chi connectivity index (χ1v) is 7.24. The molecular weight excluding hydrogens is 335 g/mol. The van der Waals surface area contributed by atoms with Crippen LogP contribution in [0.2, 0.25) is 0 Å². The average Bonchev–Trinajstić information content (AvgIpc) is 2.49. The Balaban J connectivity index is 0.000000169. The molecule has 90 valence electrons. The molecule has 2 heterocycles. The summed E-state index contributed by atoms with van der Waals surface area (Å²) >= 11 is 2.32. The van der Waals surface area contributed by atoms with Gasteiger partial charge in [0, 0.05) is 21.9 Å². The fourth-order valence-corrected chi connectivity index (χ4v) is 1.95. The summed E-state index contributed by atoms with van der Waals surface area (Å²) in [4.78, 5) is 7.38. The van der Waals surface area contributed by atoms with E-state index in [4.69, 9.17) is 0 Å². The Morgan fingerprint density at radius 1 is 0.889 bits per heavy atom. The molecule has 0 amide bonds. The van der Waals surface area contributed by atoms with Gasteiger partial charge in [-0.1, -0.05) is 52.9 Å². The summed E-state index contributed by atoms with van der Waals surface area (Å²) in [6.07, 6.45) is 3.75. The Bertz CT molecular complexity index is 570. The lowest BCUT2D eigenvalue weighted by Gasteiger charge is -1.98. The molecule has 0 radical (unpaired) electrons. The predicted molar refractivity (Wildman–Crippen MR) is 82.5 cm³/mol. The second-order valence-electron chi connectivity index (χ2n) is 3.71. The second kappa shape index (κ2) is 7.06. The Labute approximate surface area is 120 Å². The fraction of sp³-hybridized carbons (Fsp3) is 0.0667. The van der Waals surface area contributed by atoms with Crippen molar-refractivity contribution in [3.63, 3.8) is 0 Å². The molecule has 0 saturated heterocycles. The van der Waals surface area contributed by atoms with Gasteiger partial charge in [0.05, 0.1) is 11.2 Å². The molecule has 0 fully saturated rings. The minimum absolute atomic E-state index is 0.975. The lowest BCUT2D eigenvalue weighted by atomic mass is 10.2. The number of nitrogens with one attached hydrogen (secondary N) is 1. The van der Waals surface area contributed by atoms with Crippen LogP contribution in [0, 0.1) is 0 Å². The largest absolute Gasteiger partial charge is 0.252 e. The van der Waals surface area contributed by atoms with Gasteiger partial charge in [-0.15, -0.1) is 0 Å². The van der Waals surface area contributed by atoms with Crippen LogP contribution in [0.25, 0.3) is 10.9 Å². The van der Waals surface area contributed by atoms with E-state index in [-0.39, 0.29) is 0 Å². The molecule has 0 saturated carbocycles. The van der Waals surface area contributed by atoms with Crippen molar-refractivity contribution in [3.8, 4) is 0 Å². The SMILES string of the molecule is ICc1ccc2ccccc2n1.c1cc[nH+]cc1. The number of benzene rings is 1. The lowest BCUT2D eigenvalue weighted by molar-refractivity contribution is -0.377. The maximum atomic E-state index is 4.49. The molecule has 3 rings (SSSR count). The number of alkyl halides is 1. The summed E-state index contributed by atoms with van der Waals surface area (Å²) in [6, 6.07) is 18.2. The van der Waals surface area contributed by atoms with E-state index in [9.17, 15) is 0 Å². The van der Waals surface area contributed by atoms with Crippen LogP contribution in [0.3, 0.4) is 0 Å². The highest BCUT2D eigenvalue weighted by atomic mass is 127. The van der Waals surface area contributed by atoms with Crippen LogP contribution < -0.4 is 4.98 Å². The summed E-state index contributed by atoms with van der Waals surface area (Å²) in [7, 11) is 0. The van der Waals surface area contributed by atoms with Gasteiger partial charge >= 0.3 is 0 Å². The van der Waals surface area contributed by atoms with Crippen molar-refractivity contribution >= 4 is 33.5 Å². The second-order valence-corrected chi connectivity index (χ2v) is 4.47. The zero-order valence-corrected chi connectivity index (χ0v) is 12.0. The minimum Gasteiger partial charge on any atom is -0.252 e. The van der Waals surface area contributed by atoms with Crippen LogP contribution >= 0.6 is 22.6 Å². The van der Waals surface area contributed by atoms with E-state index in [1.807, 2.05) is 48.8 Å². The van der Waals surface area contributed by atoms with Crippen molar-refractivity contribution in [2.45, 2.75) is 4.43 Å². The average molecular weight is 349 g/mol. The summed E-state index contributed by atoms with van der Waals surface area (Å²) in [5.41, 5.74) is 2.24. The molecule has 0 aliphatic carbocycles. The molecule has 3 aromatic rings. The van der Waals surface area contributed by atoms with Crippen LogP contribution in [0.15, 0.2) is 67.0 Å². The number of halogens is 1. The number of hydrogen-bond acceptors (Lipinski definition) is 1. The van der Waals surface area contributed by atoms with Gasteiger partial charge in [-0.3, -0.25) is 4.98 Å². The van der Waals surface area contributed by atoms with Gasteiger partial charge in [-0.2, -0.15) is 0 Å². The summed E-state index contributed by atoms with van der Waals surface area (Å²) < 4.78 is 0.975. The first-order chi connectivity index (χ1) is 8.90. The van der Waals surface area contributed by atoms with Crippen LogP contribution in [0.5, 0.6) is 0 Å². The van der Waals surface area contributed by atoms with Crippen molar-refractivity contribution in [1.82, 2.24) is 4.98 Å². The molecule has 0 spiro atoms. The van der Waals surface area contributed by atoms with Gasteiger partial charge in [0.15, 0.2) is 12.4 Å². The summed E-state index contributed by atoms with van der Waals surface area (Å²) in [5, 5.41) is 1.21. The van der Waals surface area contributed by atoms with Crippen molar-refractivity contribution in [3.05, 3.63) is 72.7 Å². The standard InChI is InChI=1S/C10H8IN.C5H5N/c11-7-9-6-5-8-3-1-2-4-10(8)12-9;1-2-4-6-5-3-1/h1-6H,7H2;1-5H/p+1. The van der Waals surface area contributed by atoms with Gasteiger partial charge in [0.2, 0.25) is 0 Å². The van der Waals surface area contributed by atoms with Crippen LogP contribution in [-0.2, 0) is 4.43 Å². The number of H-pyrrole nitrogens is 1. The minimum atomic E-state index is 0.975. The maximum Gasteiger partial charge on any atom is 0.166 e. The Morgan fingerprint density at radius 3 is 2.28 bits per heavy atom. The molecule has 0 atom stereocenters. The number of hydrogen-bond donors (Lipinski definition) is 0. The first-order valence-electron chi connectivity index (χ1n) is 5.72. The van der Waals surface area contributed by atoms with Gasteiger partial charge < -0.3 is 0 Å². The van der Waals surface area contributed by atoms with Gasteiger partial charge in [0.25, 0.3) is 0 Å². The van der Waals surface area contributed by atoms with Crippen molar-refractivity contribution in [2.75, 3.05) is 0 Å². The smallest absolute Gasteiger partial charge is 0.166 e. The lowest BCUT2D eigenvalue weighted by Crippen LogP contribution is -1.93. The maximum absolute atomic E-state index is 4.49. The number of fused-ring (bicyclic) bond motifs is 1. The van der Waals surface area contributed by atoms with Crippen molar-refractivity contribution in [2.24, 2.45) is 0 Å². The van der Waals surface area contributed by atoms with E-state index in [0.29, 0.717) is 0 Å². The third-order valence-corrected chi connectivity index (χ3v) is 3.18. The number of nitrogens with zero attached hydrogens (tertiary/aromatic N) is 1. The Morgan fingerprint density at radius 2 is 1.67 bits per heavy atom. The number of aromatic nitrogens is 2. The highest BCUT2D eigenvalue weighted by molar-refractivity contribution is 14.1. The molecule has 0 aliphatic rings. The van der Waals surface area contributed by atoms with E-state index >= 15 is 0 Å². The Hall–Kier alpha value is -1.49. The molecule has 0 unspecified atom stereocenters. The molecule has 3 heteroatoms. The predicted octanol–water partition coefficient (Wildman–Crippen LogP) is 3.67. The molecule has 2 aromatic heterocycles. The quantitative estimate of drug-likeness (QED) is 0.487. The number of para-hydroxylation sites is 1. The molecule has 1 aromatic carbocycles. The van der Waals surface area contributed by atoms with E-state index in [0.717, 1.165) is 15.6 Å². The highest BCUT2D eigenvalue weighted by Crippen LogP contribution is 2.12. The third kappa shape index (κ3) is 3.77. The number of pyridine rings is 2. The number of rotatable bonds is 1. The normalized spacial score (nSPS) is 9.61. The molecule has 2 nitrogen and oxygen atoms in total. The van der Waals surface area contributed by atoms with Crippen molar-refractivity contribution < 1.29 is 4.98 Å². The van der Waals surface area contributed by atoms with E-state index in [1.54, 1.807) is 0 Å². The first kappa shape index (κ1) is 13.0. The van der Waals surface area contributed by atoms with E-state index in [2.05, 4.69) is 50.8 Å². The van der Waals surface area contributed by atoms with Crippen LogP contribution in [0.4, 0.5) is 0 Å². The summed E-state index contributed by atoms with van der Waals surface area (Å²) in [5.74, 6) is 0. The van der Waals surface area contributed by atoms with E-state index < -0.39 is 0 Å². The third-order valence-electron chi connectivity index (χ3n) is 2.40. The van der Waals surface area contributed by atoms with Gasteiger partial charge in [-0.25, -0.2) is 4.98 Å². The molecule has 1 N–H and O–H groups in total. The zero-order chi connectivity index (χ0) is 12.6. The molecular formula is C15H14IN2+. The zero-order valence-electron chi connectivity index (χ0n) is 9.88. The van der Waals surface area contributed by atoms with Gasteiger partial charge in [-0.05, 0) is 12.1 Å². The summed E-state index contributed by atoms with van der Waals surface area (Å²) in [6.45, 7) is 0. The van der Waals surface area contributed by atoms with Crippen LogP contribution in [-0.4, -0.2) is 4.98 Å². The molecule has 0 aliphatic heterocycles. The number of aromatic amines is 1. The highest BCUT2D eigenvalue weighted by Gasteiger charge is 1.94. The van der Waals surface area contributed by atoms with Crippen molar-refractivity contribution in [1.29, 1.82) is 0 Å². The monoisotopic (exact) mass is 349 g/mol. The molecule has 0 bridgehead atoms. The topological polar surface area (TPSA) is 27.0 Å². The molecule has 18 heavy (non-hydrogen) atoms. The van der Waals surface area contributed by atoms with Crippen LogP contribution in [0.1, 0.15) is 5.69 Å². The fourth-order valence-electron chi connectivity index (χ4n) is 1.52. The Kier molecular flexibility index (Phi) is 5.08. The van der Waals surface area contributed by atoms with E-state index in [1.165, 1.54) is 5.39 Å². The van der Waals surface area contributed by atoms with Gasteiger partial charge in [0.1, 0.15) is 0 Å².